The van der Waals surface area contributed by atoms with Crippen molar-refractivity contribution in [2.75, 3.05) is 23.9 Å². The maximum atomic E-state index is 13.8. The van der Waals surface area contributed by atoms with Crippen LogP contribution in [0.3, 0.4) is 0 Å². The van der Waals surface area contributed by atoms with Crippen LogP contribution in [0.25, 0.3) is 0 Å². The fourth-order valence-corrected chi connectivity index (χ4v) is 6.56. The van der Waals surface area contributed by atoms with Crippen LogP contribution in [0.2, 0.25) is 0 Å². The normalized spacial score (nSPS) is 24.0. The van der Waals surface area contributed by atoms with Gasteiger partial charge in [-0.1, -0.05) is 18.2 Å². The number of sulfone groups is 1. The number of aliphatic hydroxyl groups excluding tert-OH is 2. The Bertz CT molecular complexity index is 1750. The summed E-state index contributed by atoms with van der Waals surface area (Å²) >= 11 is 0. The summed E-state index contributed by atoms with van der Waals surface area (Å²) in [5, 5.41) is 34.2. The van der Waals surface area contributed by atoms with Crippen LogP contribution in [0.5, 0.6) is 11.5 Å². The van der Waals surface area contributed by atoms with Crippen LogP contribution in [0.1, 0.15) is 61.4 Å². The first-order chi connectivity index (χ1) is 22.9. The van der Waals surface area contributed by atoms with Gasteiger partial charge in [-0.05, 0) is 30.7 Å². The fraction of sp³-hybridized carbons (Fsp3) is 0.452. The number of hydrogen-bond acceptors (Lipinski definition) is 14. The predicted molar refractivity (Wildman–Crippen MR) is 166 cm³/mol. The molecule has 1 unspecified atom stereocenters. The van der Waals surface area contributed by atoms with Crippen molar-refractivity contribution in [2.24, 2.45) is 0 Å². The third kappa shape index (κ3) is 8.27. The van der Waals surface area contributed by atoms with Crippen LogP contribution in [0, 0.1) is 0 Å². The van der Waals surface area contributed by atoms with Gasteiger partial charge in [-0.15, -0.1) is 0 Å². The summed E-state index contributed by atoms with van der Waals surface area (Å²) in [6.45, 7) is 4.90. The smallest absolute Gasteiger partial charge is 0.335 e. The van der Waals surface area contributed by atoms with Gasteiger partial charge in [-0.25, -0.2) is 13.2 Å². The molecule has 2 aliphatic heterocycles. The van der Waals surface area contributed by atoms with E-state index in [1.165, 1.54) is 43.3 Å². The van der Waals surface area contributed by atoms with E-state index >= 15 is 0 Å². The minimum absolute atomic E-state index is 0.0165. The number of amides is 2. The Hall–Kier alpha value is -4.78. The third-order valence-electron chi connectivity index (χ3n) is 7.46. The van der Waals surface area contributed by atoms with Crippen molar-refractivity contribution < 1.29 is 71.4 Å². The van der Waals surface area contributed by atoms with Crippen LogP contribution in [-0.4, -0.2) is 108 Å². The molecule has 4 rings (SSSR count). The van der Waals surface area contributed by atoms with Gasteiger partial charge >= 0.3 is 17.9 Å². The van der Waals surface area contributed by atoms with E-state index in [-0.39, 0.29) is 40.5 Å². The number of nitrogens with zero attached hydrogens (tertiary/aromatic N) is 1. The van der Waals surface area contributed by atoms with Gasteiger partial charge in [0.15, 0.2) is 29.9 Å². The maximum absolute atomic E-state index is 13.8. The van der Waals surface area contributed by atoms with Crippen molar-refractivity contribution in [1.82, 2.24) is 4.90 Å². The second kappa shape index (κ2) is 14.8. The molecular weight excluding hydrogens is 672 g/mol. The summed E-state index contributed by atoms with van der Waals surface area (Å²) in [5.74, 6) is -5.55. The molecule has 0 saturated carbocycles. The number of fused-ring (bicyclic) bond motifs is 1. The Kier molecular flexibility index (Phi) is 11.2. The van der Waals surface area contributed by atoms with Gasteiger partial charge in [0, 0.05) is 32.6 Å². The van der Waals surface area contributed by atoms with Crippen molar-refractivity contribution in [3.05, 3.63) is 53.1 Å². The summed E-state index contributed by atoms with van der Waals surface area (Å²) in [4.78, 5) is 62.3. The first-order valence-electron chi connectivity index (χ1n) is 14.9. The van der Waals surface area contributed by atoms with Gasteiger partial charge in [0.2, 0.25) is 18.3 Å². The molecule has 2 aliphatic rings. The Morgan fingerprint density at radius 3 is 2.22 bits per heavy atom. The monoisotopic (exact) mass is 708 g/mol. The van der Waals surface area contributed by atoms with Gasteiger partial charge in [0.1, 0.15) is 15.9 Å². The summed E-state index contributed by atoms with van der Waals surface area (Å²) < 4.78 is 52.8. The van der Waals surface area contributed by atoms with Gasteiger partial charge in [0.05, 0.1) is 29.7 Å². The highest BCUT2D eigenvalue weighted by molar-refractivity contribution is 7.90. The van der Waals surface area contributed by atoms with Crippen molar-refractivity contribution >= 4 is 45.2 Å². The van der Waals surface area contributed by atoms with Crippen LogP contribution in [0.15, 0.2) is 36.4 Å². The van der Waals surface area contributed by atoms with Gasteiger partial charge in [0.25, 0.3) is 5.91 Å². The molecule has 2 aromatic rings. The molecule has 2 amide bonds. The van der Waals surface area contributed by atoms with E-state index in [1.54, 1.807) is 6.92 Å². The molecule has 18 heteroatoms. The minimum atomic E-state index is -3.82. The summed E-state index contributed by atoms with van der Waals surface area (Å²) in [5.41, 5.74) is 0.417. The number of carboxylic acids is 1. The van der Waals surface area contributed by atoms with E-state index in [0.29, 0.717) is 0 Å². The first-order valence-corrected chi connectivity index (χ1v) is 16.9. The quantitative estimate of drug-likeness (QED) is 0.222. The number of hydrogen-bond donors (Lipinski definition) is 4. The zero-order valence-corrected chi connectivity index (χ0v) is 27.8. The topological polar surface area (TPSA) is 242 Å². The summed E-state index contributed by atoms with van der Waals surface area (Å²) in [7, 11) is -3.82. The molecule has 7 atom stereocenters. The van der Waals surface area contributed by atoms with E-state index < -0.39 is 88.3 Å². The first kappa shape index (κ1) is 37.0. The number of aliphatic hydroxyl groups is 2. The summed E-state index contributed by atoms with van der Waals surface area (Å²) in [6, 6.07) is 7.14. The maximum Gasteiger partial charge on any atom is 0.335 e. The second-order valence-electron chi connectivity index (χ2n) is 11.3. The van der Waals surface area contributed by atoms with Crippen LogP contribution in [0.4, 0.5) is 5.69 Å². The minimum Gasteiger partial charge on any atom is -0.490 e. The molecule has 1 saturated heterocycles. The second-order valence-corrected chi connectivity index (χ2v) is 13.5. The lowest BCUT2D eigenvalue weighted by molar-refractivity contribution is -0.279. The number of esters is 2. The molecule has 17 nitrogen and oxygen atoms in total. The number of carboxylic acid groups (broad SMARTS) is 1. The third-order valence-corrected chi connectivity index (χ3v) is 8.38. The van der Waals surface area contributed by atoms with Gasteiger partial charge in [-0.2, -0.15) is 0 Å². The number of aliphatic carboxylic acids is 1. The molecule has 0 aromatic heterocycles. The Morgan fingerprint density at radius 1 is 1.00 bits per heavy atom. The highest BCUT2D eigenvalue weighted by Gasteiger charge is 2.53. The standard InChI is InChI=1S/C31H36N2O15S/c1-6-44-22-12-17(20(13-49(5,42)43)33-28(38)18-8-7-9-19(32-14(2)34)23(18)29(33)39)10-11-21(22)47-31-27(46-16(4)36)25(45-15(3)35)24(37)26(48-31)30(40)41/h7-12,20,24-28,31,37-38H,6,13H2,1-5H3,(H,32,34)(H,40,41)/t20-,24+,25+,26+,27-,28?,31-/m1/s1. The Morgan fingerprint density at radius 2 is 1.65 bits per heavy atom. The average Bonchev–Trinajstić information content (AvgIpc) is 3.24. The number of ether oxygens (including phenoxy) is 5. The zero-order valence-electron chi connectivity index (χ0n) is 27.0. The number of rotatable bonds is 12. The van der Waals surface area contributed by atoms with Crippen molar-refractivity contribution in [3.8, 4) is 11.5 Å². The van der Waals surface area contributed by atoms with Crippen molar-refractivity contribution in [2.45, 2.75) is 70.7 Å². The molecule has 0 radical (unpaired) electrons. The highest BCUT2D eigenvalue weighted by atomic mass is 32.2. The van der Waals surface area contributed by atoms with E-state index in [0.717, 1.165) is 25.0 Å². The molecule has 0 aliphatic carbocycles. The fourth-order valence-electron chi connectivity index (χ4n) is 5.63. The Balaban J connectivity index is 1.77. The predicted octanol–water partition coefficient (Wildman–Crippen LogP) is 0.689. The summed E-state index contributed by atoms with van der Waals surface area (Å²) in [6.07, 6.45) is -9.76. The van der Waals surface area contributed by atoms with E-state index in [2.05, 4.69) is 5.32 Å². The van der Waals surface area contributed by atoms with Crippen molar-refractivity contribution in [3.63, 3.8) is 0 Å². The SMILES string of the molecule is CCOc1cc([C@@H](CS(C)(=O)=O)N2C(=O)c3c(NC(C)=O)cccc3C2O)ccc1O[C@@H]1O[C@H](C(=O)O)[C@@H](O)[C@H](OC(C)=O)[C@H]1OC(C)=O. The molecule has 266 valence electrons. The zero-order chi connectivity index (χ0) is 36.4. The van der Waals surface area contributed by atoms with E-state index in [4.69, 9.17) is 23.7 Å². The van der Waals surface area contributed by atoms with Crippen LogP contribution < -0.4 is 14.8 Å². The lowest BCUT2D eigenvalue weighted by Crippen LogP contribution is -2.63. The van der Waals surface area contributed by atoms with E-state index in [9.17, 15) is 47.7 Å². The molecule has 4 N–H and O–H groups in total. The van der Waals surface area contributed by atoms with Crippen molar-refractivity contribution in [1.29, 1.82) is 0 Å². The molecule has 0 bridgehead atoms. The van der Waals surface area contributed by atoms with Gasteiger partial charge in [-0.3, -0.25) is 19.2 Å². The number of nitrogens with one attached hydrogen (secondary N) is 1. The largest absolute Gasteiger partial charge is 0.490 e. The van der Waals surface area contributed by atoms with E-state index in [1.807, 2.05) is 0 Å². The molecule has 0 spiro atoms. The highest BCUT2D eigenvalue weighted by Crippen LogP contribution is 2.43. The number of anilines is 1. The number of benzene rings is 2. The molecular formula is C31H36N2O15S. The van der Waals surface area contributed by atoms with Crippen LogP contribution >= 0.6 is 0 Å². The molecule has 1 fully saturated rings. The molecule has 2 heterocycles. The lowest BCUT2D eigenvalue weighted by atomic mass is 9.98. The number of carbonyl (C=O) groups excluding carboxylic acids is 4. The Labute approximate surface area is 280 Å². The average molecular weight is 709 g/mol. The van der Waals surface area contributed by atoms with Gasteiger partial charge < -0.3 is 49.2 Å². The van der Waals surface area contributed by atoms with Crippen LogP contribution in [-0.2, 0) is 43.2 Å². The molecule has 49 heavy (non-hydrogen) atoms. The number of carbonyl (C=O) groups is 5. The lowest BCUT2D eigenvalue weighted by Gasteiger charge is -2.41. The molecule has 2 aromatic carbocycles.